The summed E-state index contributed by atoms with van der Waals surface area (Å²) >= 11 is 0. The van der Waals surface area contributed by atoms with Crippen LogP contribution in [0.25, 0.3) is 12.2 Å². The molecule has 6 rings (SSSR count). The maximum atomic E-state index is 12.5. The lowest BCUT2D eigenvalue weighted by molar-refractivity contribution is 0.247. The van der Waals surface area contributed by atoms with Crippen molar-refractivity contribution in [1.82, 2.24) is 14.5 Å². The Morgan fingerprint density at radius 1 is 0.840 bits per heavy atom. The SMILES string of the molecule is CCOc1cc(CCCCc2oc(=O)n(CCCN3CCN(c4ccccc4)CC3)c2O)ccc1OCc1coc(C=Cc2ccccc2)n1. The molecule has 10 nitrogen and oxygen atoms in total. The molecule has 3 aromatic carbocycles. The Morgan fingerprint density at radius 2 is 1.60 bits per heavy atom. The molecule has 2 aromatic heterocycles. The molecular formula is C40H46N4O6. The number of hydrogen-bond acceptors (Lipinski definition) is 9. The molecule has 0 spiro atoms. The number of unbranched alkanes of at least 4 members (excludes halogenated alkanes) is 1. The van der Waals surface area contributed by atoms with E-state index < -0.39 is 5.76 Å². The molecule has 1 aliphatic heterocycles. The van der Waals surface area contributed by atoms with Gasteiger partial charge in [-0.15, -0.1) is 0 Å². The number of rotatable bonds is 17. The van der Waals surface area contributed by atoms with E-state index in [1.54, 1.807) is 6.26 Å². The van der Waals surface area contributed by atoms with Crippen molar-refractivity contribution in [3.63, 3.8) is 0 Å². The Balaban J connectivity index is 0.928. The molecule has 10 heteroatoms. The molecule has 50 heavy (non-hydrogen) atoms. The number of aromatic hydroxyl groups is 1. The minimum Gasteiger partial charge on any atom is -0.492 e. The molecule has 5 aromatic rings. The third-order valence-corrected chi connectivity index (χ3v) is 8.88. The molecule has 0 unspecified atom stereocenters. The highest BCUT2D eigenvalue weighted by atomic mass is 16.5. The highest BCUT2D eigenvalue weighted by molar-refractivity contribution is 5.65. The fourth-order valence-corrected chi connectivity index (χ4v) is 6.18. The van der Waals surface area contributed by atoms with E-state index in [-0.39, 0.29) is 12.5 Å². The lowest BCUT2D eigenvalue weighted by Crippen LogP contribution is -2.46. The largest absolute Gasteiger partial charge is 0.492 e. The zero-order valence-corrected chi connectivity index (χ0v) is 28.7. The first-order valence-electron chi connectivity index (χ1n) is 17.6. The Morgan fingerprint density at radius 3 is 2.38 bits per heavy atom. The van der Waals surface area contributed by atoms with Gasteiger partial charge in [-0.05, 0) is 80.6 Å². The highest BCUT2D eigenvalue weighted by Gasteiger charge is 2.19. The van der Waals surface area contributed by atoms with Gasteiger partial charge in [-0.3, -0.25) is 4.90 Å². The Bertz CT molecular complexity index is 1860. The minimum absolute atomic E-state index is 0.0459. The van der Waals surface area contributed by atoms with Crippen LogP contribution in [-0.2, 0) is 26.0 Å². The summed E-state index contributed by atoms with van der Waals surface area (Å²) in [5.74, 6) is 1.65. The highest BCUT2D eigenvalue weighted by Crippen LogP contribution is 2.30. The first-order valence-corrected chi connectivity index (χ1v) is 17.6. The standard InChI is InChI=1S/C40H46N4O6/c1-2-47-37-28-32(18-20-35(37)48-29-33-30-49-38(41-33)21-19-31-12-5-3-6-13-31)14-9-10-17-36-39(45)44(40(46)50-36)23-11-22-42-24-26-43(27-25-42)34-15-7-4-8-16-34/h3-8,12-13,15-16,18-21,28,30,45H,2,9-11,14,17,22-27,29H2,1H3. The predicted molar refractivity (Wildman–Crippen MR) is 195 cm³/mol. The van der Waals surface area contributed by atoms with Gasteiger partial charge in [0.15, 0.2) is 17.3 Å². The molecular weight excluding hydrogens is 632 g/mol. The number of hydrogen-bond donors (Lipinski definition) is 1. The lowest BCUT2D eigenvalue weighted by Gasteiger charge is -2.36. The second kappa shape index (κ2) is 17.4. The molecule has 0 radical (unpaired) electrons. The number of aromatic nitrogens is 2. The maximum Gasteiger partial charge on any atom is 0.422 e. The van der Waals surface area contributed by atoms with Crippen molar-refractivity contribution in [3.8, 4) is 17.4 Å². The van der Waals surface area contributed by atoms with Crippen LogP contribution in [0.15, 0.2) is 98.8 Å². The van der Waals surface area contributed by atoms with Gasteiger partial charge < -0.3 is 28.3 Å². The quantitative estimate of drug-likeness (QED) is 0.104. The zero-order valence-electron chi connectivity index (χ0n) is 28.7. The average Bonchev–Trinajstić information content (AvgIpc) is 3.72. The summed E-state index contributed by atoms with van der Waals surface area (Å²) < 4.78 is 24.3. The van der Waals surface area contributed by atoms with Gasteiger partial charge in [0.2, 0.25) is 11.8 Å². The smallest absolute Gasteiger partial charge is 0.422 e. The van der Waals surface area contributed by atoms with E-state index in [0.29, 0.717) is 48.4 Å². The van der Waals surface area contributed by atoms with Crippen molar-refractivity contribution >= 4 is 17.8 Å². The maximum absolute atomic E-state index is 12.5. The van der Waals surface area contributed by atoms with Crippen molar-refractivity contribution < 1.29 is 23.4 Å². The molecule has 1 aliphatic rings. The molecule has 0 atom stereocenters. The molecule has 0 aliphatic carbocycles. The number of anilines is 1. The van der Waals surface area contributed by atoms with E-state index in [2.05, 4.69) is 39.0 Å². The number of piperazine rings is 1. The summed E-state index contributed by atoms with van der Waals surface area (Å²) in [5.41, 5.74) is 4.13. The van der Waals surface area contributed by atoms with Crippen LogP contribution in [0, 0.1) is 0 Å². The fraction of sp³-hybridized carbons (Fsp3) is 0.350. The van der Waals surface area contributed by atoms with E-state index in [0.717, 1.165) is 69.5 Å². The van der Waals surface area contributed by atoms with Gasteiger partial charge in [0.05, 0.1) is 6.61 Å². The van der Waals surface area contributed by atoms with Gasteiger partial charge in [0, 0.05) is 50.9 Å². The molecule has 1 saturated heterocycles. The van der Waals surface area contributed by atoms with Crippen molar-refractivity contribution in [2.45, 2.75) is 52.2 Å². The normalized spacial score (nSPS) is 13.7. The van der Waals surface area contributed by atoms with Crippen LogP contribution in [0.2, 0.25) is 0 Å². The molecule has 3 heterocycles. The molecule has 1 N–H and O–H groups in total. The van der Waals surface area contributed by atoms with Crippen LogP contribution >= 0.6 is 0 Å². The van der Waals surface area contributed by atoms with Crippen LogP contribution < -0.4 is 20.1 Å². The first kappa shape index (κ1) is 34.6. The Hall–Kier alpha value is -5.22. The number of ether oxygens (including phenoxy) is 2. The van der Waals surface area contributed by atoms with Crippen molar-refractivity contribution in [2.75, 3.05) is 44.2 Å². The summed E-state index contributed by atoms with van der Waals surface area (Å²) in [6.07, 6.45) is 9.08. The lowest BCUT2D eigenvalue weighted by atomic mass is 10.1. The van der Waals surface area contributed by atoms with E-state index in [9.17, 15) is 9.90 Å². The fourth-order valence-electron chi connectivity index (χ4n) is 6.18. The molecule has 0 bridgehead atoms. The number of para-hydroxylation sites is 1. The number of aryl methyl sites for hydroxylation is 2. The van der Waals surface area contributed by atoms with E-state index in [1.807, 2.05) is 73.7 Å². The second-order valence-electron chi connectivity index (χ2n) is 12.4. The van der Waals surface area contributed by atoms with Crippen LogP contribution in [0.5, 0.6) is 17.4 Å². The molecule has 0 amide bonds. The van der Waals surface area contributed by atoms with Crippen LogP contribution in [0.1, 0.15) is 54.7 Å². The van der Waals surface area contributed by atoms with Crippen LogP contribution in [0.4, 0.5) is 5.69 Å². The van der Waals surface area contributed by atoms with Crippen LogP contribution in [0.3, 0.4) is 0 Å². The molecule has 1 fully saturated rings. The summed E-state index contributed by atoms with van der Waals surface area (Å²) in [5, 5.41) is 10.8. The van der Waals surface area contributed by atoms with E-state index in [1.165, 1.54) is 10.3 Å². The topological polar surface area (TPSA) is 106 Å². The van der Waals surface area contributed by atoms with Gasteiger partial charge in [0.25, 0.3) is 0 Å². The monoisotopic (exact) mass is 678 g/mol. The third kappa shape index (κ3) is 9.47. The Labute approximate surface area is 293 Å². The van der Waals surface area contributed by atoms with Gasteiger partial charge in [-0.2, -0.15) is 0 Å². The van der Waals surface area contributed by atoms with Crippen molar-refractivity contribution in [2.24, 2.45) is 0 Å². The zero-order chi connectivity index (χ0) is 34.5. The third-order valence-electron chi connectivity index (χ3n) is 8.88. The van der Waals surface area contributed by atoms with Crippen molar-refractivity contribution in [3.05, 3.63) is 124 Å². The predicted octanol–water partition coefficient (Wildman–Crippen LogP) is 7.06. The van der Waals surface area contributed by atoms with Crippen LogP contribution in [-0.4, -0.2) is 58.9 Å². The van der Waals surface area contributed by atoms with E-state index in [4.69, 9.17) is 18.3 Å². The first-order chi connectivity index (χ1) is 24.6. The average molecular weight is 679 g/mol. The van der Waals surface area contributed by atoms with Gasteiger partial charge in [-0.25, -0.2) is 14.3 Å². The molecule has 262 valence electrons. The number of benzene rings is 3. The summed E-state index contributed by atoms with van der Waals surface area (Å²) in [6.45, 7) is 7.93. The Kier molecular flexibility index (Phi) is 12.1. The van der Waals surface area contributed by atoms with Gasteiger partial charge in [0.1, 0.15) is 18.6 Å². The van der Waals surface area contributed by atoms with Gasteiger partial charge >= 0.3 is 5.76 Å². The molecule has 0 saturated carbocycles. The minimum atomic E-state index is -0.492. The summed E-state index contributed by atoms with van der Waals surface area (Å²) in [4.78, 5) is 21.8. The number of nitrogens with zero attached hydrogens (tertiary/aromatic N) is 4. The summed E-state index contributed by atoms with van der Waals surface area (Å²) in [6, 6.07) is 26.4. The van der Waals surface area contributed by atoms with Crippen molar-refractivity contribution in [1.29, 1.82) is 0 Å². The second-order valence-corrected chi connectivity index (χ2v) is 12.4. The number of oxazole rings is 2. The van der Waals surface area contributed by atoms with E-state index >= 15 is 0 Å². The van der Waals surface area contributed by atoms with Gasteiger partial charge in [-0.1, -0.05) is 54.6 Å². The summed E-state index contributed by atoms with van der Waals surface area (Å²) in [7, 11) is 0.